The molecule has 44 heavy (non-hydrogen) atoms. The topological polar surface area (TPSA) is 90.3 Å². The Labute approximate surface area is 257 Å². The number of nitrogens with zero attached hydrogens (tertiary/aromatic N) is 2. The second-order valence-corrected chi connectivity index (χ2v) is 10.2. The van der Waals surface area contributed by atoms with Crippen LogP contribution in [0.2, 0.25) is 0 Å². The molecular weight excluding hydrogens is 560 g/mol. The van der Waals surface area contributed by atoms with E-state index in [1.54, 1.807) is 26.3 Å². The molecule has 9 heteroatoms. The zero-order valence-corrected chi connectivity index (χ0v) is 25.4. The first-order valence-electron chi connectivity index (χ1n) is 14.8. The molecule has 9 nitrogen and oxygen atoms in total. The first kappa shape index (κ1) is 30.7. The van der Waals surface area contributed by atoms with Crippen molar-refractivity contribution in [1.29, 1.82) is 0 Å². The van der Waals surface area contributed by atoms with Crippen LogP contribution >= 0.6 is 0 Å². The van der Waals surface area contributed by atoms with Gasteiger partial charge in [-0.15, -0.1) is 0 Å². The molecule has 0 amide bonds. The molecule has 2 heterocycles. The van der Waals surface area contributed by atoms with Gasteiger partial charge < -0.3 is 28.4 Å². The number of hydrogen-bond acceptors (Lipinski definition) is 8. The maximum absolute atomic E-state index is 13.2. The van der Waals surface area contributed by atoms with E-state index in [9.17, 15) is 4.79 Å². The molecule has 3 aromatic carbocycles. The lowest BCUT2D eigenvalue weighted by atomic mass is 10.0. The van der Waals surface area contributed by atoms with E-state index in [1.165, 1.54) is 0 Å². The fraction of sp³-hybridized carbons (Fsp3) is 0.314. The first-order valence-corrected chi connectivity index (χ1v) is 14.8. The second-order valence-electron chi connectivity index (χ2n) is 10.2. The van der Waals surface area contributed by atoms with Crippen LogP contribution in [0.3, 0.4) is 0 Å². The minimum absolute atomic E-state index is 0.140. The van der Waals surface area contributed by atoms with Crippen molar-refractivity contribution in [3.8, 4) is 28.7 Å². The molecule has 1 aliphatic heterocycles. The van der Waals surface area contributed by atoms with Gasteiger partial charge in [0.15, 0.2) is 18.3 Å². The number of aromatic nitrogens is 2. The van der Waals surface area contributed by atoms with E-state index < -0.39 is 5.97 Å². The molecule has 0 atom stereocenters. The molecule has 0 N–H and O–H groups in total. The van der Waals surface area contributed by atoms with Crippen molar-refractivity contribution in [2.45, 2.75) is 46.1 Å². The number of fused-ring (bicyclic) bond motifs is 1. The summed E-state index contributed by atoms with van der Waals surface area (Å²) in [6, 6.07) is 21.4. The Kier molecular flexibility index (Phi) is 10.5. The fourth-order valence-electron chi connectivity index (χ4n) is 4.93. The third kappa shape index (κ3) is 7.60. The normalized spacial score (nSPS) is 12.3. The second kappa shape index (κ2) is 15.1. The standard InChI is InChI=1S/C35H38N2O7/c1-4-6-12-34-36-21-29(37(34)28-13-15-30(16-14-28)42-23-40-22-25-10-8-7-9-11-25)18-27(35(38)41-5-2)17-26-19-32-33(44-24-43-32)20-31(26)39-3/h7-11,13-16,18-21H,4-6,12,17,22-24H2,1-3H3/b27-18+. The molecule has 0 unspecified atom stereocenters. The van der Waals surface area contributed by atoms with E-state index in [0.29, 0.717) is 35.2 Å². The van der Waals surface area contributed by atoms with Crippen molar-refractivity contribution >= 4 is 12.0 Å². The van der Waals surface area contributed by atoms with Crippen molar-refractivity contribution < 1.29 is 33.2 Å². The number of imidazole rings is 1. The average molecular weight is 599 g/mol. The summed E-state index contributed by atoms with van der Waals surface area (Å²) in [6.45, 7) is 4.96. The van der Waals surface area contributed by atoms with Gasteiger partial charge in [-0.1, -0.05) is 43.7 Å². The van der Waals surface area contributed by atoms with E-state index in [0.717, 1.165) is 47.6 Å². The maximum atomic E-state index is 13.2. The van der Waals surface area contributed by atoms with Crippen LogP contribution in [-0.4, -0.2) is 42.8 Å². The van der Waals surface area contributed by atoms with Gasteiger partial charge in [-0.2, -0.15) is 0 Å². The summed E-state index contributed by atoms with van der Waals surface area (Å²) < 4.78 is 35.7. The molecule has 0 saturated carbocycles. The van der Waals surface area contributed by atoms with Crippen molar-refractivity contribution in [3.63, 3.8) is 0 Å². The molecule has 0 fully saturated rings. The lowest BCUT2D eigenvalue weighted by Gasteiger charge is -2.14. The molecule has 0 spiro atoms. The van der Waals surface area contributed by atoms with Crippen LogP contribution in [0.25, 0.3) is 11.8 Å². The summed E-state index contributed by atoms with van der Waals surface area (Å²) in [5.74, 6) is 3.02. The van der Waals surface area contributed by atoms with Gasteiger partial charge in [0.1, 0.15) is 17.3 Å². The molecule has 4 aromatic rings. The summed E-state index contributed by atoms with van der Waals surface area (Å²) in [5, 5.41) is 0. The number of aryl methyl sites for hydroxylation is 1. The summed E-state index contributed by atoms with van der Waals surface area (Å²) in [5.41, 5.74) is 4.00. The number of rotatable bonds is 15. The molecule has 5 rings (SSSR count). The van der Waals surface area contributed by atoms with E-state index in [2.05, 4.69) is 11.5 Å². The van der Waals surface area contributed by atoms with Gasteiger partial charge >= 0.3 is 5.97 Å². The molecule has 1 aliphatic rings. The third-order valence-electron chi connectivity index (χ3n) is 7.15. The number of methoxy groups -OCH3 is 1. The highest BCUT2D eigenvalue weighted by Crippen LogP contribution is 2.39. The average Bonchev–Trinajstić information content (AvgIpc) is 3.68. The van der Waals surface area contributed by atoms with Crippen molar-refractivity contribution in [1.82, 2.24) is 9.55 Å². The molecule has 0 bridgehead atoms. The van der Waals surface area contributed by atoms with E-state index in [-0.39, 0.29) is 26.6 Å². The fourth-order valence-corrected chi connectivity index (χ4v) is 4.93. The SMILES string of the molecule is CCCCc1ncc(/C=C(\Cc2cc3c(cc2OC)OCO3)C(=O)OCC)n1-c1ccc(OCOCc2ccccc2)cc1. The lowest BCUT2D eigenvalue weighted by Crippen LogP contribution is -2.11. The monoisotopic (exact) mass is 598 g/mol. The Balaban J connectivity index is 1.40. The van der Waals surface area contributed by atoms with Crippen molar-refractivity contribution in [2.75, 3.05) is 27.3 Å². The van der Waals surface area contributed by atoms with Gasteiger partial charge in [-0.05, 0) is 55.3 Å². The first-order chi connectivity index (χ1) is 21.6. The van der Waals surface area contributed by atoms with E-state index in [4.69, 9.17) is 33.4 Å². The molecule has 0 aliphatic carbocycles. The van der Waals surface area contributed by atoms with E-state index >= 15 is 0 Å². The highest BCUT2D eigenvalue weighted by Gasteiger charge is 2.22. The van der Waals surface area contributed by atoms with Gasteiger partial charge in [0.2, 0.25) is 6.79 Å². The summed E-state index contributed by atoms with van der Waals surface area (Å²) in [4.78, 5) is 18.0. The smallest absolute Gasteiger partial charge is 0.334 e. The number of esters is 1. The number of carbonyl (C=O) groups is 1. The predicted octanol–water partition coefficient (Wildman–Crippen LogP) is 6.69. The molecular formula is C35H38N2O7. The number of hydrogen-bond donors (Lipinski definition) is 0. The lowest BCUT2D eigenvalue weighted by molar-refractivity contribution is -0.138. The van der Waals surface area contributed by atoms with Crippen molar-refractivity contribution in [2.24, 2.45) is 0 Å². The number of ether oxygens (including phenoxy) is 6. The van der Waals surface area contributed by atoms with E-state index in [1.807, 2.05) is 66.7 Å². The Morgan fingerprint density at radius 2 is 1.80 bits per heavy atom. The maximum Gasteiger partial charge on any atom is 0.334 e. The molecule has 0 saturated heterocycles. The summed E-state index contributed by atoms with van der Waals surface area (Å²) in [6.07, 6.45) is 6.71. The number of carbonyl (C=O) groups excluding carboxylic acids is 1. The largest absolute Gasteiger partial charge is 0.496 e. The zero-order valence-electron chi connectivity index (χ0n) is 25.4. The molecule has 1 aromatic heterocycles. The summed E-state index contributed by atoms with van der Waals surface area (Å²) >= 11 is 0. The van der Waals surface area contributed by atoms with Crippen LogP contribution in [0, 0.1) is 0 Å². The number of unbranched alkanes of at least 4 members (excludes halogenated alkanes) is 1. The van der Waals surface area contributed by atoms with Crippen LogP contribution in [0.4, 0.5) is 0 Å². The van der Waals surface area contributed by atoms with Gasteiger partial charge in [0, 0.05) is 35.7 Å². The van der Waals surface area contributed by atoms with Gasteiger partial charge in [0.05, 0.1) is 32.2 Å². The van der Waals surface area contributed by atoms with Gasteiger partial charge in [0.25, 0.3) is 0 Å². The highest BCUT2D eigenvalue weighted by molar-refractivity contribution is 5.94. The van der Waals surface area contributed by atoms with Crippen LogP contribution < -0.4 is 18.9 Å². The minimum atomic E-state index is -0.408. The number of benzene rings is 3. The van der Waals surface area contributed by atoms with Gasteiger partial charge in [-0.3, -0.25) is 4.57 Å². The zero-order chi connectivity index (χ0) is 30.7. The van der Waals surface area contributed by atoms with Crippen molar-refractivity contribution in [3.05, 3.63) is 101 Å². The van der Waals surface area contributed by atoms with Crippen LogP contribution in [0.5, 0.6) is 23.0 Å². The Hall–Kier alpha value is -4.76. The molecule has 230 valence electrons. The van der Waals surface area contributed by atoms with Crippen LogP contribution in [0.1, 0.15) is 49.3 Å². The third-order valence-corrected chi connectivity index (χ3v) is 7.15. The minimum Gasteiger partial charge on any atom is -0.496 e. The Morgan fingerprint density at radius 1 is 1.02 bits per heavy atom. The summed E-state index contributed by atoms with van der Waals surface area (Å²) in [7, 11) is 1.59. The van der Waals surface area contributed by atoms with Gasteiger partial charge in [-0.25, -0.2) is 9.78 Å². The van der Waals surface area contributed by atoms with Crippen LogP contribution in [-0.2, 0) is 33.7 Å². The predicted molar refractivity (Wildman–Crippen MR) is 166 cm³/mol. The molecule has 0 radical (unpaired) electrons. The quantitative estimate of drug-likeness (QED) is 0.0647. The Morgan fingerprint density at radius 3 is 2.52 bits per heavy atom. The highest BCUT2D eigenvalue weighted by atomic mass is 16.7. The van der Waals surface area contributed by atoms with Crippen LogP contribution in [0.15, 0.2) is 78.5 Å². The Bertz CT molecular complexity index is 1560.